The van der Waals surface area contributed by atoms with Crippen molar-refractivity contribution in [2.75, 3.05) is 0 Å². The van der Waals surface area contributed by atoms with Crippen LogP contribution in [-0.4, -0.2) is 9.97 Å². The molecule has 3 aromatic rings. The van der Waals surface area contributed by atoms with Crippen molar-refractivity contribution in [2.45, 2.75) is 12.4 Å². The molecule has 146 valence electrons. The van der Waals surface area contributed by atoms with E-state index in [4.69, 9.17) is 0 Å². The fourth-order valence-electron chi connectivity index (χ4n) is 2.49. The highest BCUT2D eigenvalue weighted by molar-refractivity contribution is 5.67. The molecule has 0 saturated carbocycles. The molecule has 0 spiro atoms. The van der Waals surface area contributed by atoms with E-state index in [1.54, 1.807) is 0 Å². The molecule has 0 amide bonds. The highest BCUT2D eigenvalue weighted by atomic mass is 19.4. The second kappa shape index (κ2) is 6.84. The van der Waals surface area contributed by atoms with Gasteiger partial charge in [-0.25, -0.2) is 13.8 Å². The van der Waals surface area contributed by atoms with Crippen LogP contribution >= 0.6 is 0 Å². The van der Waals surface area contributed by atoms with Crippen LogP contribution in [0.3, 0.4) is 0 Å². The maximum absolute atomic E-state index is 14.4. The van der Waals surface area contributed by atoms with Gasteiger partial charge in [0.1, 0.15) is 17.2 Å². The van der Waals surface area contributed by atoms with Gasteiger partial charge < -0.3 is 0 Å². The van der Waals surface area contributed by atoms with Gasteiger partial charge >= 0.3 is 12.4 Å². The monoisotopic (exact) mass is 404 g/mol. The number of hydrogen-bond acceptors (Lipinski definition) is 2. The summed E-state index contributed by atoms with van der Waals surface area (Å²) in [6.45, 7) is 0. The predicted molar refractivity (Wildman–Crippen MR) is 82.8 cm³/mol. The van der Waals surface area contributed by atoms with Gasteiger partial charge in [0.05, 0.1) is 22.6 Å². The Morgan fingerprint density at radius 1 is 0.714 bits per heavy atom. The zero-order valence-corrected chi connectivity index (χ0v) is 13.5. The molecule has 10 heteroatoms. The van der Waals surface area contributed by atoms with Gasteiger partial charge in [0.15, 0.2) is 0 Å². The molecule has 3 rings (SSSR count). The first-order chi connectivity index (χ1) is 13.0. The van der Waals surface area contributed by atoms with Crippen LogP contribution in [-0.2, 0) is 12.4 Å². The topological polar surface area (TPSA) is 25.8 Å². The van der Waals surface area contributed by atoms with E-state index in [0.717, 1.165) is 0 Å². The van der Waals surface area contributed by atoms with Crippen molar-refractivity contribution in [1.29, 1.82) is 0 Å². The van der Waals surface area contributed by atoms with E-state index >= 15 is 0 Å². The predicted octanol–water partition coefficient (Wildman–Crippen LogP) is 6.13. The summed E-state index contributed by atoms with van der Waals surface area (Å²) in [5.41, 5.74) is -5.47. The number of nitrogens with zero attached hydrogens (tertiary/aromatic N) is 2. The highest BCUT2D eigenvalue weighted by Crippen LogP contribution is 2.39. The van der Waals surface area contributed by atoms with Gasteiger partial charge in [-0.15, -0.1) is 0 Å². The second-order valence-electron chi connectivity index (χ2n) is 5.62. The summed E-state index contributed by atoms with van der Waals surface area (Å²) in [5.74, 6) is -3.93. The molecule has 1 aromatic carbocycles. The molecule has 0 radical (unpaired) electrons. The minimum absolute atomic E-state index is 0.00610. The van der Waals surface area contributed by atoms with Crippen molar-refractivity contribution in [3.8, 4) is 22.6 Å². The van der Waals surface area contributed by atoms with Crippen molar-refractivity contribution in [3.63, 3.8) is 0 Å². The molecule has 2 nitrogen and oxygen atoms in total. The summed E-state index contributed by atoms with van der Waals surface area (Å²) < 4.78 is 106. The van der Waals surface area contributed by atoms with E-state index in [2.05, 4.69) is 9.97 Å². The van der Waals surface area contributed by atoms with Gasteiger partial charge in [0.25, 0.3) is 0 Å². The Bertz CT molecular complexity index is 1010. The molecule has 0 aliphatic heterocycles. The van der Waals surface area contributed by atoms with E-state index in [9.17, 15) is 35.1 Å². The summed E-state index contributed by atoms with van der Waals surface area (Å²) in [6.07, 6.45) is -8.99. The molecule has 2 aromatic heterocycles. The standard InChI is InChI=1S/C18H8F8N2/c19-11-5-4-10(16(20)15(11)18(24,25)26)13-7-9(17(21,22)23)8-14(28-13)12-3-1-2-6-27-12/h1-8H. The van der Waals surface area contributed by atoms with Gasteiger partial charge in [-0.1, -0.05) is 6.07 Å². The lowest BCUT2D eigenvalue weighted by atomic mass is 10.0. The van der Waals surface area contributed by atoms with Crippen molar-refractivity contribution < 1.29 is 35.1 Å². The molecule has 2 heterocycles. The van der Waals surface area contributed by atoms with Gasteiger partial charge in [0, 0.05) is 11.8 Å². The van der Waals surface area contributed by atoms with Crippen LogP contribution in [0.5, 0.6) is 0 Å². The van der Waals surface area contributed by atoms with Crippen LogP contribution in [0, 0.1) is 11.6 Å². The number of hydrogen-bond donors (Lipinski definition) is 0. The molecule has 0 atom stereocenters. The fraction of sp³-hybridized carbons (Fsp3) is 0.111. The first-order valence-corrected chi connectivity index (χ1v) is 7.54. The Hall–Kier alpha value is -3.04. The molecule has 0 aliphatic carbocycles. The number of benzene rings is 1. The Balaban J connectivity index is 2.28. The van der Waals surface area contributed by atoms with E-state index < -0.39 is 46.4 Å². The minimum Gasteiger partial charge on any atom is -0.255 e. The van der Waals surface area contributed by atoms with E-state index in [0.29, 0.717) is 24.3 Å². The van der Waals surface area contributed by atoms with Gasteiger partial charge in [-0.05, 0) is 36.4 Å². The molecule has 0 saturated heterocycles. The lowest BCUT2D eigenvalue weighted by Crippen LogP contribution is -2.13. The van der Waals surface area contributed by atoms with Crippen molar-refractivity contribution in [2.24, 2.45) is 0 Å². The van der Waals surface area contributed by atoms with E-state index in [1.165, 1.54) is 24.4 Å². The maximum Gasteiger partial charge on any atom is 0.422 e. The summed E-state index contributed by atoms with van der Waals surface area (Å²) in [4.78, 5) is 7.65. The zero-order valence-electron chi connectivity index (χ0n) is 13.5. The number of halogens is 8. The van der Waals surface area contributed by atoms with Crippen molar-refractivity contribution >= 4 is 0 Å². The number of aromatic nitrogens is 2. The first-order valence-electron chi connectivity index (χ1n) is 7.54. The molecule has 0 fully saturated rings. The normalized spacial score (nSPS) is 12.3. The lowest BCUT2D eigenvalue weighted by Gasteiger charge is -2.15. The summed E-state index contributed by atoms with van der Waals surface area (Å²) >= 11 is 0. The largest absolute Gasteiger partial charge is 0.422 e. The quantitative estimate of drug-likeness (QED) is 0.481. The number of pyridine rings is 2. The molecule has 28 heavy (non-hydrogen) atoms. The maximum atomic E-state index is 14.4. The third kappa shape index (κ3) is 3.80. The highest BCUT2D eigenvalue weighted by Gasteiger charge is 2.39. The number of rotatable bonds is 2. The van der Waals surface area contributed by atoms with Gasteiger partial charge in [0.2, 0.25) is 0 Å². The summed E-state index contributed by atoms with van der Waals surface area (Å²) in [6, 6.07) is 6.24. The Morgan fingerprint density at radius 3 is 1.96 bits per heavy atom. The van der Waals surface area contributed by atoms with Crippen LogP contribution in [0.2, 0.25) is 0 Å². The molecule has 0 N–H and O–H groups in total. The zero-order chi connectivity index (χ0) is 20.7. The molecular formula is C18H8F8N2. The summed E-state index contributed by atoms with van der Waals surface area (Å²) in [7, 11) is 0. The van der Waals surface area contributed by atoms with Crippen LogP contribution in [0.15, 0.2) is 48.7 Å². The van der Waals surface area contributed by atoms with E-state index in [1.807, 2.05) is 0 Å². The Kier molecular flexibility index (Phi) is 4.82. The van der Waals surface area contributed by atoms with Crippen LogP contribution in [0.4, 0.5) is 35.1 Å². The average molecular weight is 404 g/mol. The van der Waals surface area contributed by atoms with Crippen LogP contribution < -0.4 is 0 Å². The molecular weight excluding hydrogens is 396 g/mol. The second-order valence-corrected chi connectivity index (χ2v) is 5.62. The smallest absolute Gasteiger partial charge is 0.255 e. The van der Waals surface area contributed by atoms with Gasteiger partial charge in [-0.3, -0.25) is 4.98 Å². The average Bonchev–Trinajstić information content (AvgIpc) is 2.60. The first kappa shape index (κ1) is 19.7. The summed E-state index contributed by atoms with van der Waals surface area (Å²) in [5, 5.41) is 0. The minimum atomic E-state index is -5.38. The van der Waals surface area contributed by atoms with Gasteiger partial charge in [-0.2, -0.15) is 26.3 Å². The lowest BCUT2D eigenvalue weighted by molar-refractivity contribution is -0.142. The third-order valence-electron chi connectivity index (χ3n) is 3.73. The SMILES string of the molecule is Fc1ccc(-c2cc(C(F)(F)F)cc(-c3ccccn3)n2)c(F)c1C(F)(F)F. The number of alkyl halides is 6. The van der Waals surface area contributed by atoms with Crippen LogP contribution in [0.1, 0.15) is 11.1 Å². The van der Waals surface area contributed by atoms with Crippen LogP contribution in [0.25, 0.3) is 22.6 Å². The molecule has 0 aliphatic rings. The molecule has 0 unspecified atom stereocenters. The van der Waals surface area contributed by atoms with Crippen molar-refractivity contribution in [1.82, 2.24) is 9.97 Å². The fourth-order valence-corrected chi connectivity index (χ4v) is 2.49. The Labute approximate surface area is 152 Å². The molecule has 0 bridgehead atoms. The van der Waals surface area contributed by atoms with Crippen molar-refractivity contribution in [3.05, 3.63) is 71.4 Å². The Morgan fingerprint density at radius 2 is 1.39 bits per heavy atom. The third-order valence-corrected chi connectivity index (χ3v) is 3.73. The van der Waals surface area contributed by atoms with E-state index in [-0.39, 0.29) is 11.4 Å².